The number of benzene rings is 1. The Morgan fingerprint density at radius 3 is 2.31 bits per heavy atom. The first kappa shape index (κ1) is 18.4. The van der Waals surface area contributed by atoms with Crippen molar-refractivity contribution in [3.8, 4) is 0 Å². The zero-order valence-corrected chi connectivity index (χ0v) is 15.8. The molecule has 1 N–H and O–H groups in total. The molecule has 2 aliphatic rings. The molecule has 2 fully saturated rings. The van der Waals surface area contributed by atoms with Crippen molar-refractivity contribution in [2.45, 2.75) is 46.1 Å². The van der Waals surface area contributed by atoms with Gasteiger partial charge in [0.25, 0.3) is 5.91 Å². The summed E-state index contributed by atoms with van der Waals surface area (Å²) in [7, 11) is 0. The third kappa shape index (κ3) is 3.74. The van der Waals surface area contributed by atoms with Gasteiger partial charge < -0.3 is 15.1 Å². The van der Waals surface area contributed by atoms with Gasteiger partial charge >= 0.3 is 0 Å². The minimum atomic E-state index is -0.397. The average Bonchev–Trinajstić information content (AvgIpc) is 2.89. The van der Waals surface area contributed by atoms with E-state index in [9.17, 15) is 14.4 Å². The van der Waals surface area contributed by atoms with E-state index in [-0.39, 0.29) is 17.7 Å². The van der Waals surface area contributed by atoms with E-state index in [4.69, 9.17) is 0 Å². The maximum atomic E-state index is 13.0. The highest BCUT2D eigenvalue weighted by atomic mass is 16.2. The Morgan fingerprint density at radius 1 is 0.962 bits per heavy atom. The van der Waals surface area contributed by atoms with Crippen LogP contribution in [0.15, 0.2) is 12.1 Å². The second-order valence-corrected chi connectivity index (χ2v) is 7.38. The van der Waals surface area contributed by atoms with Gasteiger partial charge in [0.05, 0.1) is 0 Å². The van der Waals surface area contributed by atoms with E-state index < -0.39 is 6.04 Å². The van der Waals surface area contributed by atoms with Gasteiger partial charge in [-0.1, -0.05) is 6.07 Å². The molecule has 3 rings (SSSR count). The molecule has 0 radical (unpaired) electrons. The average molecular weight is 357 g/mol. The monoisotopic (exact) mass is 357 g/mol. The van der Waals surface area contributed by atoms with Gasteiger partial charge in [0.15, 0.2) is 0 Å². The Morgan fingerprint density at radius 2 is 1.62 bits per heavy atom. The van der Waals surface area contributed by atoms with E-state index in [2.05, 4.69) is 11.4 Å². The topological polar surface area (TPSA) is 69.7 Å². The Bertz CT molecular complexity index is 744. The van der Waals surface area contributed by atoms with Crippen molar-refractivity contribution in [2.75, 3.05) is 26.2 Å². The van der Waals surface area contributed by atoms with E-state index in [1.165, 1.54) is 5.56 Å². The lowest BCUT2D eigenvalue weighted by Gasteiger charge is -2.25. The number of nitrogens with one attached hydrogen (secondary N) is 1. The second kappa shape index (κ2) is 7.48. The number of aryl methyl sites for hydroxylation is 3. The fourth-order valence-electron chi connectivity index (χ4n) is 3.72. The molecule has 0 saturated carbocycles. The van der Waals surface area contributed by atoms with Crippen LogP contribution in [0.2, 0.25) is 0 Å². The number of carbonyl (C=O) groups excluding carboxylic acids is 3. The fraction of sp³-hybridized carbons (Fsp3) is 0.550. The SMILES string of the molecule is Cc1cc(C)c(C(=O)N2CCCN(C(=O)C3CCC(=O)N3)CC2)cc1C. The van der Waals surface area contributed by atoms with Crippen LogP contribution in [0.25, 0.3) is 0 Å². The van der Waals surface area contributed by atoms with Crippen LogP contribution >= 0.6 is 0 Å². The zero-order valence-electron chi connectivity index (χ0n) is 15.8. The fourth-order valence-corrected chi connectivity index (χ4v) is 3.72. The molecule has 0 spiro atoms. The molecule has 0 bridgehead atoms. The molecule has 140 valence electrons. The zero-order chi connectivity index (χ0) is 18.8. The Labute approximate surface area is 154 Å². The molecule has 0 aromatic heterocycles. The first-order chi connectivity index (χ1) is 12.4. The van der Waals surface area contributed by atoms with Gasteiger partial charge in [-0.15, -0.1) is 0 Å². The maximum absolute atomic E-state index is 13.0. The van der Waals surface area contributed by atoms with Crippen LogP contribution < -0.4 is 5.32 Å². The summed E-state index contributed by atoms with van der Waals surface area (Å²) in [6.45, 7) is 8.35. The standard InChI is InChI=1S/C20H27N3O3/c1-13-11-15(3)16(12-14(13)2)19(25)22-7-4-8-23(10-9-22)20(26)17-5-6-18(24)21-17/h11-12,17H,4-10H2,1-3H3,(H,21,24). The third-order valence-corrected chi connectivity index (χ3v) is 5.46. The predicted molar refractivity (Wildman–Crippen MR) is 98.9 cm³/mol. The number of nitrogens with zero attached hydrogens (tertiary/aromatic N) is 2. The highest BCUT2D eigenvalue weighted by Gasteiger charge is 2.32. The van der Waals surface area contributed by atoms with E-state index in [0.717, 1.165) is 23.1 Å². The highest BCUT2D eigenvalue weighted by molar-refractivity contribution is 5.96. The maximum Gasteiger partial charge on any atom is 0.254 e. The Balaban J connectivity index is 1.67. The molecular formula is C20H27N3O3. The number of amides is 3. The summed E-state index contributed by atoms with van der Waals surface area (Å²) in [5.41, 5.74) is 4.03. The summed E-state index contributed by atoms with van der Waals surface area (Å²) in [5, 5.41) is 2.74. The highest BCUT2D eigenvalue weighted by Crippen LogP contribution is 2.19. The van der Waals surface area contributed by atoms with Crippen molar-refractivity contribution >= 4 is 17.7 Å². The van der Waals surface area contributed by atoms with Gasteiger partial charge in [0.1, 0.15) is 6.04 Å². The molecule has 3 amide bonds. The second-order valence-electron chi connectivity index (χ2n) is 7.38. The Kier molecular flexibility index (Phi) is 5.30. The summed E-state index contributed by atoms with van der Waals surface area (Å²) in [6.07, 6.45) is 1.74. The Hall–Kier alpha value is -2.37. The van der Waals surface area contributed by atoms with Crippen LogP contribution in [0.4, 0.5) is 0 Å². The number of rotatable bonds is 2. The minimum absolute atomic E-state index is 0.0208. The molecule has 0 aliphatic carbocycles. The lowest BCUT2D eigenvalue weighted by atomic mass is 10.00. The van der Waals surface area contributed by atoms with E-state index >= 15 is 0 Å². The molecule has 1 unspecified atom stereocenters. The van der Waals surface area contributed by atoms with Crippen molar-refractivity contribution in [1.82, 2.24) is 15.1 Å². The number of hydrogen-bond donors (Lipinski definition) is 1. The first-order valence-corrected chi connectivity index (χ1v) is 9.32. The smallest absolute Gasteiger partial charge is 0.254 e. The molecule has 2 saturated heterocycles. The summed E-state index contributed by atoms with van der Waals surface area (Å²) < 4.78 is 0. The lowest BCUT2D eigenvalue weighted by molar-refractivity contribution is -0.134. The summed E-state index contributed by atoms with van der Waals surface area (Å²) in [6, 6.07) is 3.63. The summed E-state index contributed by atoms with van der Waals surface area (Å²) >= 11 is 0. The quantitative estimate of drug-likeness (QED) is 0.873. The van der Waals surface area contributed by atoms with Crippen LogP contribution in [-0.4, -0.2) is 59.7 Å². The molecule has 26 heavy (non-hydrogen) atoms. The minimum Gasteiger partial charge on any atom is -0.344 e. The van der Waals surface area contributed by atoms with Crippen molar-refractivity contribution in [2.24, 2.45) is 0 Å². The van der Waals surface area contributed by atoms with Gasteiger partial charge in [-0.25, -0.2) is 0 Å². The van der Waals surface area contributed by atoms with Crippen molar-refractivity contribution in [1.29, 1.82) is 0 Å². The molecule has 6 nitrogen and oxygen atoms in total. The summed E-state index contributed by atoms with van der Waals surface area (Å²) in [4.78, 5) is 40.6. The molecule has 1 atom stereocenters. The van der Waals surface area contributed by atoms with Crippen LogP contribution in [-0.2, 0) is 9.59 Å². The van der Waals surface area contributed by atoms with E-state index in [1.807, 2.05) is 31.7 Å². The number of carbonyl (C=O) groups is 3. The molecule has 2 heterocycles. The molecule has 1 aromatic carbocycles. The van der Waals surface area contributed by atoms with Crippen LogP contribution in [0.1, 0.15) is 46.3 Å². The molecule has 2 aliphatic heterocycles. The van der Waals surface area contributed by atoms with Gasteiger partial charge in [-0.3, -0.25) is 14.4 Å². The first-order valence-electron chi connectivity index (χ1n) is 9.32. The van der Waals surface area contributed by atoms with Crippen LogP contribution in [0.3, 0.4) is 0 Å². The van der Waals surface area contributed by atoms with Gasteiger partial charge in [0.2, 0.25) is 11.8 Å². The molecule has 1 aromatic rings. The van der Waals surface area contributed by atoms with Crippen molar-refractivity contribution in [3.05, 3.63) is 34.4 Å². The third-order valence-electron chi connectivity index (χ3n) is 5.46. The van der Waals surface area contributed by atoms with Crippen LogP contribution in [0.5, 0.6) is 0 Å². The van der Waals surface area contributed by atoms with E-state index in [0.29, 0.717) is 39.0 Å². The summed E-state index contributed by atoms with van der Waals surface area (Å²) in [5.74, 6) is -0.0400. The lowest BCUT2D eigenvalue weighted by Crippen LogP contribution is -2.46. The largest absolute Gasteiger partial charge is 0.344 e. The molecule has 6 heteroatoms. The normalized spacial score (nSPS) is 20.7. The van der Waals surface area contributed by atoms with Crippen molar-refractivity contribution < 1.29 is 14.4 Å². The van der Waals surface area contributed by atoms with Gasteiger partial charge in [-0.05, 0) is 56.4 Å². The predicted octanol–water partition coefficient (Wildman–Crippen LogP) is 1.56. The molecular weight excluding hydrogens is 330 g/mol. The van der Waals surface area contributed by atoms with E-state index in [1.54, 1.807) is 4.90 Å². The van der Waals surface area contributed by atoms with Crippen LogP contribution in [0, 0.1) is 20.8 Å². The van der Waals surface area contributed by atoms with Crippen molar-refractivity contribution in [3.63, 3.8) is 0 Å². The van der Waals surface area contributed by atoms with Gasteiger partial charge in [-0.2, -0.15) is 0 Å². The van der Waals surface area contributed by atoms with Gasteiger partial charge in [0, 0.05) is 38.2 Å². The number of hydrogen-bond acceptors (Lipinski definition) is 3.